The highest BCUT2D eigenvalue weighted by Gasteiger charge is 2.21. The SMILES string of the molecule is NC(C(=O)OCc1ccc([N+](=O)[O-])cc1)c1ncon1. The minimum atomic E-state index is -1.13. The smallest absolute Gasteiger partial charge is 0.331 e. The number of nitrogens with zero attached hydrogens (tertiary/aromatic N) is 3. The molecule has 0 bridgehead atoms. The molecule has 2 rings (SSSR count). The minimum absolute atomic E-state index is 0.0266. The van der Waals surface area contributed by atoms with Crippen molar-refractivity contribution in [1.29, 1.82) is 0 Å². The highest BCUT2D eigenvalue weighted by molar-refractivity contribution is 5.76. The number of rotatable bonds is 5. The molecule has 0 saturated heterocycles. The Bertz CT molecular complexity index is 596. The van der Waals surface area contributed by atoms with Crippen LogP contribution in [0.4, 0.5) is 5.69 Å². The molecule has 104 valence electrons. The molecule has 9 nitrogen and oxygen atoms in total. The standard InChI is InChI=1S/C11H10N4O5/c12-9(10-13-6-20-14-10)11(16)19-5-7-1-3-8(4-2-7)15(17)18/h1-4,6,9H,5,12H2. The number of nitro benzene ring substituents is 1. The Morgan fingerprint density at radius 3 is 2.70 bits per heavy atom. The van der Waals surface area contributed by atoms with Gasteiger partial charge in [-0.2, -0.15) is 4.98 Å². The Morgan fingerprint density at radius 2 is 2.15 bits per heavy atom. The molecule has 2 aromatic rings. The van der Waals surface area contributed by atoms with E-state index >= 15 is 0 Å². The molecule has 1 atom stereocenters. The van der Waals surface area contributed by atoms with E-state index < -0.39 is 16.9 Å². The normalized spacial score (nSPS) is 11.8. The Morgan fingerprint density at radius 1 is 1.45 bits per heavy atom. The maximum atomic E-state index is 11.6. The van der Waals surface area contributed by atoms with Gasteiger partial charge in [0.25, 0.3) is 5.69 Å². The number of non-ortho nitro benzene ring substituents is 1. The van der Waals surface area contributed by atoms with Gasteiger partial charge in [0.05, 0.1) is 4.92 Å². The molecule has 0 saturated carbocycles. The summed E-state index contributed by atoms with van der Waals surface area (Å²) in [6.07, 6.45) is 1.05. The summed E-state index contributed by atoms with van der Waals surface area (Å²) < 4.78 is 9.43. The number of carbonyl (C=O) groups is 1. The van der Waals surface area contributed by atoms with E-state index in [0.29, 0.717) is 5.56 Å². The number of aromatic nitrogens is 2. The van der Waals surface area contributed by atoms with Crippen LogP contribution < -0.4 is 5.73 Å². The van der Waals surface area contributed by atoms with Crippen molar-refractivity contribution >= 4 is 11.7 Å². The van der Waals surface area contributed by atoms with E-state index in [1.54, 1.807) is 0 Å². The monoisotopic (exact) mass is 278 g/mol. The molecule has 1 unspecified atom stereocenters. The molecule has 1 aromatic carbocycles. The average molecular weight is 278 g/mol. The molecule has 0 amide bonds. The van der Waals surface area contributed by atoms with Crippen molar-refractivity contribution in [2.45, 2.75) is 12.6 Å². The topological polar surface area (TPSA) is 134 Å². The van der Waals surface area contributed by atoms with Crippen LogP contribution in [0.15, 0.2) is 35.2 Å². The van der Waals surface area contributed by atoms with Gasteiger partial charge in [0.15, 0.2) is 11.9 Å². The fourth-order valence-corrected chi connectivity index (χ4v) is 1.38. The summed E-state index contributed by atoms with van der Waals surface area (Å²) in [5, 5.41) is 13.9. The van der Waals surface area contributed by atoms with Crippen LogP contribution in [0, 0.1) is 10.1 Å². The molecule has 1 aromatic heterocycles. The van der Waals surface area contributed by atoms with Gasteiger partial charge in [-0.15, -0.1) is 0 Å². The van der Waals surface area contributed by atoms with Gasteiger partial charge in [0, 0.05) is 12.1 Å². The predicted molar refractivity (Wildman–Crippen MR) is 64.1 cm³/mol. The van der Waals surface area contributed by atoms with Gasteiger partial charge in [-0.25, -0.2) is 4.79 Å². The van der Waals surface area contributed by atoms with Gasteiger partial charge in [0.2, 0.25) is 6.39 Å². The number of hydrogen-bond donors (Lipinski definition) is 1. The highest BCUT2D eigenvalue weighted by atomic mass is 16.6. The summed E-state index contributed by atoms with van der Waals surface area (Å²) in [5.41, 5.74) is 6.12. The first-order chi connectivity index (χ1) is 9.58. The molecule has 20 heavy (non-hydrogen) atoms. The van der Waals surface area contributed by atoms with E-state index in [2.05, 4.69) is 14.7 Å². The van der Waals surface area contributed by atoms with Crippen LogP contribution in [0.25, 0.3) is 0 Å². The fourth-order valence-electron chi connectivity index (χ4n) is 1.38. The van der Waals surface area contributed by atoms with E-state index in [1.807, 2.05) is 0 Å². The average Bonchev–Trinajstić information content (AvgIpc) is 2.98. The fraction of sp³-hybridized carbons (Fsp3) is 0.182. The molecule has 0 aliphatic rings. The Kier molecular flexibility index (Phi) is 4.01. The third-order valence-corrected chi connectivity index (χ3v) is 2.44. The van der Waals surface area contributed by atoms with Crippen LogP contribution in [0.2, 0.25) is 0 Å². The quantitative estimate of drug-likeness (QED) is 0.480. The largest absolute Gasteiger partial charge is 0.459 e. The maximum Gasteiger partial charge on any atom is 0.331 e. The molecule has 0 radical (unpaired) electrons. The van der Waals surface area contributed by atoms with Crippen LogP contribution >= 0.6 is 0 Å². The summed E-state index contributed by atoms with van der Waals surface area (Å²) in [7, 11) is 0. The first-order valence-electron chi connectivity index (χ1n) is 5.49. The second-order valence-electron chi connectivity index (χ2n) is 3.80. The van der Waals surface area contributed by atoms with Crippen LogP contribution in [-0.4, -0.2) is 21.0 Å². The lowest BCUT2D eigenvalue weighted by Gasteiger charge is -2.08. The van der Waals surface area contributed by atoms with Gasteiger partial charge in [-0.1, -0.05) is 5.16 Å². The van der Waals surface area contributed by atoms with Crippen LogP contribution in [0.5, 0.6) is 0 Å². The van der Waals surface area contributed by atoms with Crippen LogP contribution in [-0.2, 0) is 16.1 Å². The zero-order valence-corrected chi connectivity index (χ0v) is 10.1. The Balaban J connectivity index is 1.91. The zero-order valence-electron chi connectivity index (χ0n) is 10.1. The van der Waals surface area contributed by atoms with Crippen LogP contribution in [0.1, 0.15) is 17.4 Å². The minimum Gasteiger partial charge on any atom is -0.459 e. The van der Waals surface area contributed by atoms with Crippen molar-refractivity contribution in [3.05, 3.63) is 52.2 Å². The van der Waals surface area contributed by atoms with Crippen molar-refractivity contribution in [3.63, 3.8) is 0 Å². The van der Waals surface area contributed by atoms with Gasteiger partial charge >= 0.3 is 5.97 Å². The number of carbonyl (C=O) groups excluding carboxylic acids is 1. The van der Waals surface area contributed by atoms with Crippen molar-refractivity contribution < 1.29 is 19.0 Å². The summed E-state index contributed by atoms with van der Waals surface area (Å²) in [6.45, 7) is -0.0532. The van der Waals surface area contributed by atoms with Crippen molar-refractivity contribution in [1.82, 2.24) is 10.1 Å². The predicted octanol–water partition coefficient (Wildman–Crippen LogP) is 0.721. The summed E-state index contributed by atoms with van der Waals surface area (Å²) in [4.78, 5) is 25.2. The van der Waals surface area contributed by atoms with Crippen molar-refractivity contribution in [2.24, 2.45) is 5.73 Å². The van der Waals surface area contributed by atoms with E-state index in [4.69, 9.17) is 10.5 Å². The first-order valence-corrected chi connectivity index (χ1v) is 5.49. The molecule has 9 heteroatoms. The first kappa shape index (κ1) is 13.6. The summed E-state index contributed by atoms with van der Waals surface area (Å²) in [6, 6.07) is 4.49. The number of benzene rings is 1. The molecule has 0 aliphatic heterocycles. The van der Waals surface area contributed by atoms with Gasteiger partial charge in [-0.3, -0.25) is 10.1 Å². The second-order valence-corrected chi connectivity index (χ2v) is 3.80. The molecule has 0 aliphatic carbocycles. The second kappa shape index (κ2) is 5.89. The van der Waals surface area contributed by atoms with E-state index in [9.17, 15) is 14.9 Å². The van der Waals surface area contributed by atoms with Gasteiger partial charge in [-0.05, 0) is 17.7 Å². The lowest BCUT2D eigenvalue weighted by atomic mass is 10.2. The number of esters is 1. The molecular weight excluding hydrogens is 268 g/mol. The lowest BCUT2D eigenvalue weighted by Crippen LogP contribution is -2.24. The van der Waals surface area contributed by atoms with E-state index in [0.717, 1.165) is 6.39 Å². The summed E-state index contributed by atoms with van der Waals surface area (Å²) >= 11 is 0. The Labute approximate surface area is 112 Å². The molecular formula is C11H10N4O5. The molecule has 0 spiro atoms. The van der Waals surface area contributed by atoms with E-state index in [1.165, 1.54) is 24.3 Å². The summed E-state index contributed by atoms with van der Waals surface area (Å²) in [5.74, 6) is -0.691. The highest BCUT2D eigenvalue weighted by Crippen LogP contribution is 2.13. The number of nitrogens with two attached hydrogens (primary N) is 1. The molecule has 1 heterocycles. The third-order valence-electron chi connectivity index (χ3n) is 2.44. The Hall–Kier alpha value is -2.81. The van der Waals surface area contributed by atoms with Gasteiger partial charge in [0.1, 0.15) is 6.61 Å². The lowest BCUT2D eigenvalue weighted by molar-refractivity contribution is -0.384. The number of ether oxygens (including phenoxy) is 1. The van der Waals surface area contributed by atoms with Crippen molar-refractivity contribution in [3.8, 4) is 0 Å². The van der Waals surface area contributed by atoms with Gasteiger partial charge < -0.3 is 15.0 Å². The molecule has 0 fully saturated rings. The zero-order chi connectivity index (χ0) is 14.5. The number of nitro groups is 1. The van der Waals surface area contributed by atoms with Crippen molar-refractivity contribution in [2.75, 3.05) is 0 Å². The molecule has 2 N–H and O–H groups in total. The van der Waals surface area contributed by atoms with Crippen LogP contribution in [0.3, 0.4) is 0 Å². The third kappa shape index (κ3) is 3.14. The maximum absolute atomic E-state index is 11.6. The number of hydrogen-bond acceptors (Lipinski definition) is 8. The van der Waals surface area contributed by atoms with E-state index in [-0.39, 0.29) is 18.1 Å².